The van der Waals surface area contributed by atoms with E-state index in [0.717, 1.165) is 5.56 Å². The second-order valence-electron chi connectivity index (χ2n) is 8.13. The average Bonchev–Trinajstić information content (AvgIpc) is 2.87. The van der Waals surface area contributed by atoms with Crippen LogP contribution in [0.1, 0.15) is 31.8 Å². The van der Waals surface area contributed by atoms with E-state index in [9.17, 15) is 14.0 Å². The number of nitrogens with two attached hydrogens (primary N) is 1. The molecule has 4 rings (SSSR count). The van der Waals surface area contributed by atoms with Crippen LogP contribution in [0.3, 0.4) is 0 Å². The topological polar surface area (TPSA) is 96.2 Å². The first-order valence-corrected chi connectivity index (χ1v) is 11.6. The van der Waals surface area contributed by atoms with Crippen molar-refractivity contribution in [2.75, 3.05) is 11.1 Å². The maximum atomic E-state index is 13.3. The Morgan fingerprint density at radius 3 is 2.22 bits per heavy atom. The molecule has 36 heavy (non-hydrogen) atoms. The molecule has 5 N–H and O–H groups in total. The largest absolute Gasteiger partial charge is 0.399 e. The Labute approximate surface area is 213 Å². The monoisotopic (exact) mass is 502 g/mol. The summed E-state index contributed by atoms with van der Waals surface area (Å²) in [4.78, 5) is 25.1. The molecule has 0 aliphatic heterocycles. The molecule has 0 aliphatic rings. The first-order valence-electron chi connectivity index (χ1n) is 11.2. The van der Waals surface area contributed by atoms with E-state index in [0.29, 0.717) is 45.3 Å². The highest BCUT2D eigenvalue weighted by atomic mass is 35.5. The maximum absolute atomic E-state index is 13.3. The minimum Gasteiger partial charge on any atom is -0.399 e. The predicted octanol–water partition coefficient (Wildman–Crippen LogP) is 5.66. The van der Waals surface area contributed by atoms with Gasteiger partial charge in [0.1, 0.15) is 5.82 Å². The standard InChI is InChI=1S/C28H24ClFN4O2/c29-26-7-2-1-5-20(26)17-33-28(36)21-13-23(31)15-25(14-21)34-24-10-8-19(9-11-24)27(35)32-16-18-4-3-6-22(30)12-18/h1-15,34H,16-17,31H2,(H,32,35)(H,33,36). The van der Waals surface area contributed by atoms with Gasteiger partial charge >= 0.3 is 0 Å². The highest BCUT2D eigenvalue weighted by Gasteiger charge is 2.10. The van der Waals surface area contributed by atoms with Crippen LogP contribution in [-0.2, 0) is 13.1 Å². The third kappa shape index (κ3) is 6.61. The number of rotatable bonds is 8. The van der Waals surface area contributed by atoms with Crippen molar-refractivity contribution in [3.05, 3.63) is 124 Å². The molecule has 4 aromatic carbocycles. The van der Waals surface area contributed by atoms with Crippen LogP contribution in [0.25, 0.3) is 0 Å². The minimum absolute atomic E-state index is 0.223. The second-order valence-corrected chi connectivity index (χ2v) is 8.54. The van der Waals surface area contributed by atoms with Crippen molar-refractivity contribution in [3.8, 4) is 0 Å². The normalized spacial score (nSPS) is 10.5. The average molecular weight is 503 g/mol. The van der Waals surface area contributed by atoms with Gasteiger partial charge in [0.2, 0.25) is 0 Å². The van der Waals surface area contributed by atoms with E-state index >= 15 is 0 Å². The Morgan fingerprint density at radius 1 is 0.750 bits per heavy atom. The van der Waals surface area contributed by atoms with Crippen LogP contribution in [0.4, 0.5) is 21.5 Å². The highest BCUT2D eigenvalue weighted by molar-refractivity contribution is 6.31. The summed E-state index contributed by atoms with van der Waals surface area (Å²) >= 11 is 6.16. The molecule has 0 fully saturated rings. The molecule has 4 aromatic rings. The summed E-state index contributed by atoms with van der Waals surface area (Å²) in [5.41, 5.74) is 10.1. The molecule has 0 heterocycles. The van der Waals surface area contributed by atoms with Crippen molar-refractivity contribution in [3.63, 3.8) is 0 Å². The van der Waals surface area contributed by atoms with Gasteiger partial charge in [-0.3, -0.25) is 9.59 Å². The van der Waals surface area contributed by atoms with Gasteiger partial charge in [-0.25, -0.2) is 4.39 Å². The molecule has 0 saturated carbocycles. The smallest absolute Gasteiger partial charge is 0.251 e. The van der Waals surface area contributed by atoms with Gasteiger partial charge in [-0.1, -0.05) is 41.9 Å². The Balaban J connectivity index is 1.37. The lowest BCUT2D eigenvalue weighted by Gasteiger charge is -2.12. The zero-order valence-electron chi connectivity index (χ0n) is 19.2. The van der Waals surface area contributed by atoms with Crippen molar-refractivity contribution in [1.29, 1.82) is 0 Å². The number of hydrogen-bond donors (Lipinski definition) is 4. The predicted molar refractivity (Wildman–Crippen MR) is 141 cm³/mol. The molecule has 6 nitrogen and oxygen atoms in total. The molecule has 0 radical (unpaired) electrons. The lowest BCUT2D eigenvalue weighted by Crippen LogP contribution is -2.23. The van der Waals surface area contributed by atoms with Crippen molar-refractivity contribution >= 4 is 40.5 Å². The van der Waals surface area contributed by atoms with E-state index < -0.39 is 0 Å². The molecule has 0 unspecified atom stereocenters. The van der Waals surface area contributed by atoms with Crippen molar-refractivity contribution in [2.45, 2.75) is 13.1 Å². The number of halogens is 2. The Hall–Kier alpha value is -4.36. The van der Waals surface area contributed by atoms with Gasteiger partial charge in [-0.2, -0.15) is 0 Å². The molecule has 182 valence electrons. The molecular weight excluding hydrogens is 479 g/mol. The molecule has 0 saturated heterocycles. The zero-order chi connectivity index (χ0) is 25.5. The van der Waals surface area contributed by atoms with Crippen molar-refractivity contribution < 1.29 is 14.0 Å². The van der Waals surface area contributed by atoms with Gasteiger partial charge in [-0.05, 0) is 71.8 Å². The molecule has 0 aliphatic carbocycles. The van der Waals surface area contributed by atoms with Gasteiger partial charge in [-0.15, -0.1) is 0 Å². The van der Waals surface area contributed by atoms with Crippen LogP contribution in [-0.4, -0.2) is 11.8 Å². The number of hydrogen-bond acceptors (Lipinski definition) is 4. The molecule has 0 bridgehead atoms. The maximum Gasteiger partial charge on any atom is 0.251 e. The Kier molecular flexibility index (Phi) is 7.82. The zero-order valence-corrected chi connectivity index (χ0v) is 20.0. The second kappa shape index (κ2) is 11.4. The summed E-state index contributed by atoms with van der Waals surface area (Å²) < 4.78 is 13.3. The number of nitrogens with one attached hydrogen (secondary N) is 3. The van der Waals surface area contributed by atoms with Crippen molar-refractivity contribution in [1.82, 2.24) is 10.6 Å². The third-order valence-electron chi connectivity index (χ3n) is 5.39. The van der Waals surface area contributed by atoms with E-state index in [1.165, 1.54) is 12.1 Å². The molecule has 0 atom stereocenters. The van der Waals surface area contributed by atoms with Crippen LogP contribution in [0.2, 0.25) is 5.02 Å². The SMILES string of the molecule is Nc1cc(Nc2ccc(C(=O)NCc3cccc(F)c3)cc2)cc(C(=O)NCc2ccccc2Cl)c1. The number of anilines is 3. The van der Waals surface area contributed by atoms with E-state index in [2.05, 4.69) is 16.0 Å². The Bertz CT molecular complexity index is 1390. The molecule has 0 aromatic heterocycles. The summed E-state index contributed by atoms with van der Waals surface area (Å²) in [5, 5.41) is 9.40. The minimum atomic E-state index is -0.347. The number of amides is 2. The third-order valence-corrected chi connectivity index (χ3v) is 5.76. The number of nitrogen functional groups attached to an aromatic ring is 1. The van der Waals surface area contributed by atoms with E-state index in [1.54, 1.807) is 60.7 Å². The van der Waals surface area contributed by atoms with Crippen molar-refractivity contribution in [2.24, 2.45) is 0 Å². The highest BCUT2D eigenvalue weighted by Crippen LogP contribution is 2.22. The van der Waals surface area contributed by atoms with Crippen LogP contribution >= 0.6 is 11.6 Å². The quantitative estimate of drug-likeness (QED) is 0.234. The van der Waals surface area contributed by atoms with Gasteiger partial charge < -0.3 is 21.7 Å². The fourth-order valence-electron chi connectivity index (χ4n) is 3.58. The van der Waals surface area contributed by atoms with Gasteiger partial charge in [0.15, 0.2) is 0 Å². The van der Waals surface area contributed by atoms with Crippen LogP contribution in [0.5, 0.6) is 0 Å². The van der Waals surface area contributed by atoms with Crippen LogP contribution in [0.15, 0.2) is 91.0 Å². The Morgan fingerprint density at radius 2 is 1.47 bits per heavy atom. The fraction of sp³-hybridized carbons (Fsp3) is 0.0714. The van der Waals surface area contributed by atoms with E-state index in [4.69, 9.17) is 17.3 Å². The number of carbonyl (C=O) groups excluding carboxylic acids is 2. The van der Waals surface area contributed by atoms with Crippen LogP contribution in [0, 0.1) is 5.82 Å². The van der Waals surface area contributed by atoms with E-state index in [-0.39, 0.29) is 24.2 Å². The number of carbonyl (C=O) groups is 2. The first-order chi connectivity index (χ1) is 17.4. The van der Waals surface area contributed by atoms with E-state index in [1.807, 2.05) is 18.2 Å². The lowest BCUT2D eigenvalue weighted by molar-refractivity contribution is 0.0943. The molecular formula is C28H24ClFN4O2. The summed E-state index contributed by atoms with van der Waals surface area (Å²) in [6.45, 7) is 0.514. The lowest BCUT2D eigenvalue weighted by atomic mass is 10.1. The van der Waals surface area contributed by atoms with Crippen LogP contribution < -0.4 is 21.7 Å². The fourth-order valence-corrected chi connectivity index (χ4v) is 3.78. The molecule has 8 heteroatoms. The molecule has 2 amide bonds. The summed E-state index contributed by atoms with van der Waals surface area (Å²) in [7, 11) is 0. The molecule has 0 spiro atoms. The first kappa shape index (κ1) is 24.8. The van der Waals surface area contributed by atoms with Gasteiger partial charge in [0.05, 0.1) is 0 Å². The van der Waals surface area contributed by atoms with Gasteiger partial charge in [0, 0.05) is 46.3 Å². The van der Waals surface area contributed by atoms with Gasteiger partial charge in [0.25, 0.3) is 11.8 Å². The number of benzene rings is 4. The summed E-state index contributed by atoms with van der Waals surface area (Å²) in [5.74, 6) is -0.900. The summed E-state index contributed by atoms with van der Waals surface area (Å²) in [6.07, 6.45) is 0. The summed E-state index contributed by atoms with van der Waals surface area (Å²) in [6, 6.07) is 25.2.